The summed E-state index contributed by atoms with van der Waals surface area (Å²) >= 11 is 1.29. The zero-order chi connectivity index (χ0) is 9.40. The van der Waals surface area contributed by atoms with Crippen molar-refractivity contribution in [2.24, 2.45) is 0 Å². The Morgan fingerprint density at radius 2 is 1.92 bits per heavy atom. The lowest BCUT2D eigenvalue weighted by atomic mass is 10.3. The summed E-state index contributed by atoms with van der Waals surface area (Å²) in [6.07, 6.45) is 2.35. The molecule has 0 radical (unpaired) electrons. The molecule has 2 unspecified atom stereocenters. The minimum atomic E-state index is -1.00. The Hall–Kier alpha value is 0.230. The van der Waals surface area contributed by atoms with Crippen molar-refractivity contribution < 1.29 is 15.3 Å². The first-order chi connectivity index (χ1) is 5.72. The van der Waals surface area contributed by atoms with E-state index in [1.807, 2.05) is 0 Å². The molecule has 0 saturated heterocycles. The van der Waals surface area contributed by atoms with Crippen LogP contribution in [0.25, 0.3) is 0 Å². The second-order valence-corrected chi connectivity index (χ2v) is 3.94. The molecular formula is C8H18O3S. The number of thioether (sulfide) groups is 1. The summed E-state index contributed by atoms with van der Waals surface area (Å²) in [5.74, 6) is 0.839. The van der Waals surface area contributed by atoms with Gasteiger partial charge >= 0.3 is 0 Å². The molecule has 0 amide bonds. The van der Waals surface area contributed by atoms with Crippen LogP contribution in [0, 0.1) is 0 Å². The van der Waals surface area contributed by atoms with Gasteiger partial charge < -0.3 is 15.3 Å². The van der Waals surface area contributed by atoms with Crippen molar-refractivity contribution in [3.63, 3.8) is 0 Å². The van der Waals surface area contributed by atoms with Gasteiger partial charge in [-0.05, 0) is 12.2 Å². The molecule has 0 aliphatic rings. The van der Waals surface area contributed by atoms with Gasteiger partial charge in [0.05, 0.1) is 6.61 Å². The predicted octanol–water partition coefficient (Wildman–Crippen LogP) is 0.581. The SMILES string of the molecule is CCCCCSC(O)C(O)CO. The highest BCUT2D eigenvalue weighted by Gasteiger charge is 2.14. The maximum Gasteiger partial charge on any atom is 0.127 e. The lowest BCUT2D eigenvalue weighted by Crippen LogP contribution is -2.26. The fourth-order valence-corrected chi connectivity index (χ4v) is 1.68. The molecule has 0 bridgehead atoms. The van der Waals surface area contributed by atoms with Gasteiger partial charge in [0.15, 0.2) is 0 Å². The molecule has 0 aromatic carbocycles. The summed E-state index contributed by atoms with van der Waals surface area (Å²) in [4.78, 5) is 0. The second kappa shape index (κ2) is 7.86. The summed E-state index contributed by atoms with van der Waals surface area (Å²) in [6, 6.07) is 0. The molecule has 0 fully saturated rings. The highest BCUT2D eigenvalue weighted by molar-refractivity contribution is 7.99. The quantitative estimate of drug-likeness (QED) is 0.410. The van der Waals surface area contributed by atoms with Crippen LogP contribution in [0.15, 0.2) is 0 Å². The highest BCUT2D eigenvalue weighted by Crippen LogP contribution is 2.14. The first-order valence-electron chi connectivity index (χ1n) is 4.31. The van der Waals surface area contributed by atoms with Crippen molar-refractivity contribution in [2.75, 3.05) is 12.4 Å². The third-order valence-electron chi connectivity index (χ3n) is 1.55. The van der Waals surface area contributed by atoms with E-state index in [0.717, 1.165) is 25.0 Å². The molecule has 0 spiro atoms. The average molecular weight is 194 g/mol. The van der Waals surface area contributed by atoms with Gasteiger partial charge in [-0.1, -0.05) is 19.8 Å². The highest BCUT2D eigenvalue weighted by atomic mass is 32.2. The van der Waals surface area contributed by atoms with Crippen LogP contribution in [0.2, 0.25) is 0 Å². The van der Waals surface area contributed by atoms with Crippen molar-refractivity contribution in [3.8, 4) is 0 Å². The van der Waals surface area contributed by atoms with Crippen molar-refractivity contribution >= 4 is 11.8 Å². The van der Waals surface area contributed by atoms with E-state index in [9.17, 15) is 0 Å². The van der Waals surface area contributed by atoms with Gasteiger partial charge in [-0.15, -0.1) is 11.8 Å². The lowest BCUT2D eigenvalue weighted by Gasteiger charge is -2.14. The smallest absolute Gasteiger partial charge is 0.127 e. The summed E-state index contributed by atoms with van der Waals surface area (Å²) in [6.45, 7) is 1.74. The van der Waals surface area contributed by atoms with E-state index in [-0.39, 0.29) is 6.61 Å². The van der Waals surface area contributed by atoms with E-state index in [2.05, 4.69) is 6.92 Å². The Kier molecular flexibility index (Phi) is 8.01. The van der Waals surface area contributed by atoms with E-state index < -0.39 is 11.5 Å². The summed E-state index contributed by atoms with van der Waals surface area (Å²) in [7, 11) is 0. The number of rotatable bonds is 7. The Bertz CT molecular complexity index is 100. The first kappa shape index (κ1) is 12.2. The van der Waals surface area contributed by atoms with Crippen LogP contribution >= 0.6 is 11.8 Å². The first-order valence-corrected chi connectivity index (χ1v) is 5.35. The van der Waals surface area contributed by atoms with Crippen LogP contribution in [0.4, 0.5) is 0 Å². The average Bonchev–Trinajstić information content (AvgIpc) is 2.10. The number of unbranched alkanes of at least 4 members (excludes halogenated alkanes) is 2. The van der Waals surface area contributed by atoms with Crippen molar-refractivity contribution in [3.05, 3.63) is 0 Å². The van der Waals surface area contributed by atoms with E-state index in [4.69, 9.17) is 15.3 Å². The molecule has 2 atom stereocenters. The van der Waals surface area contributed by atoms with Crippen molar-refractivity contribution in [1.29, 1.82) is 0 Å². The third-order valence-corrected chi connectivity index (χ3v) is 2.73. The fourth-order valence-electron chi connectivity index (χ4n) is 0.757. The maximum atomic E-state index is 9.17. The van der Waals surface area contributed by atoms with Gasteiger partial charge in [-0.25, -0.2) is 0 Å². The number of hydrogen-bond donors (Lipinski definition) is 3. The van der Waals surface area contributed by atoms with Crippen LogP contribution in [0.5, 0.6) is 0 Å². The van der Waals surface area contributed by atoms with Crippen LogP contribution in [0.3, 0.4) is 0 Å². The number of aliphatic hydroxyl groups excluding tert-OH is 3. The van der Waals surface area contributed by atoms with Gasteiger partial charge in [-0.2, -0.15) is 0 Å². The second-order valence-electron chi connectivity index (χ2n) is 2.72. The molecule has 0 saturated carbocycles. The molecular weight excluding hydrogens is 176 g/mol. The van der Waals surface area contributed by atoms with Crippen molar-refractivity contribution in [2.45, 2.75) is 37.7 Å². The number of aliphatic hydroxyl groups is 3. The minimum Gasteiger partial charge on any atom is -0.394 e. The monoisotopic (exact) mass is 194 g/mol. The largest absolute Gasteiger partial charge is 0.394 e. The van der Waals surface area contributed by atoms with Crippen molar-refractivity contribution in [1.82, 2.24) is 0 Å². The summed E-state index contributed by atoms with van der Waals surface area (Å²) in [5.41, 5.74) is -0.841. The Morgan fingerprint density at radius 3 is 2.42 bits per heavy atom. The summed E-state index contributed by atoms with van der Waals surface area (Å²) < 4.78 is 0. The Balaban J connectivity index is 3.24. The molecule has 0 aromatic heterocycles. The molecule has 0 aliphatic heterocycles. The van der Waals surface area contributed by atoms with E-state index >= 15 is 0 Å². The van der Waals surface area contributed by atoms with Gasteiger partial charge in [0.2, 0.25) is 0 Å². The zero-order valence-corrected chi connectivity index (χ0v) is 8.26. The molecule has 0 aliphatic carbocycles. The maximum absolute atomic E-state index is 9.17. The molecule has 3 nitrogen and oxygen atoms in total. The van der Waals surface area contributed by atoms with Gasteiger partial charge in [0.1, 0.15) is 11.5 Å². The topological polar surface area (TPSA) is 60.7 Å². The molecule has 12 heavy (non-hydrogen) atoms. The molecule has 74 valence electrons. The van der Waals surface area contributed by atoms with Crippen LogP contribution in [-0.4, -0.2) is 39.2 Å². The van der Waals surface area contributed by atoms with Gasteiger partial charge in [0, 0.05) is 0 Å². The molecule has 0 rings (SSSR count). The van der Waals surface area contributed by atoms with Crippen LogP contribution in [0.1, 0.15) is 26.2 Å². The molecule has 4 heteroatoms. The predicted molar refractivity (Wildman–Crippen MR) is 51.1 cm³/mol. The standard InChI is InChI=1S/C8H18O3S/c1-2-3-4-5-12-8(11)7(10)6-9/h7-11H,2-6H2,1H3. The summed E-state index contributed by atoms with van der Waals surface area (Å²) in [5, 5.41) is 26.6. The lowest BCUT2D eigenvalue weighted by molar-refractivity contribution is 0.0285. The van der Waals surface area contributed by atoms with Gasteiger partial charge in [0.25, 0.3) is 0 Å². The molecule has 0 aromatic rings. The minimum absolute atomic E-state index is 0.373. The number of hydrogen-bond acceptors (Lipinski definition) is 4. The van der Waals surface area contributed by atoms with Gasteiger partial charge in [-0.3, -0.25) is 0 Å². The van der Waals surface area contributed by atoms with E-state index in [1.165, 1.54) is 11.8 Å². The fraction of sp³-hybridized carbons (Fsp3) is 1.00. The normalized spacial score (nSPS) is 16.0. The Morgan fingerprint density at radius 1 is 1.25 bits per heavy atom. The molecule has 3 N–H and O–H groups in total. The Labute approximate surface area is 77.8 Å². The van der Waals surface area contributed by atoms with Crippen LogP contribution in [-0.2, 0) is 0 Å². The third kappa shape index (κ3) is 5.83. The van der Waals surface area contributed by atoms with E-state index in [1.54, 1.807) is 0 Å². The van der Waals surface area contributed by atoms with E-state index in [0.29, 0.717) is 0 Å². The zero-order valence-electron chi connectivity index (χ0n) is 7.44. The van der Waals surface area contributed by atoms with Crippen LogP contribution < -0.4 is 0 Å². The molecule has 0 heterocycles.